The van der Waals surface area contributed by atoms with E-state index < -0.39 is 58.6 Å². The van der Waals surface area contributed by atoms with Gasteiger partial charge < -0.3 is 15.5 Å². The summed E-state index contributed by atoms with van der Waals surface area (Å²) in [7, 11) is 0. The van der Waals surface area contributed by atoms with Gasteiger partial charge in [-0.1, -0.05) is 71.6 Å². The summed E-state index contributed by atoms with van der Waals surface area (Å²) in [5, 5.41) is 6.00. The minimum Gasteiger partial charge on any atom is -0.351 e. The van der Waals surface area contributed by atoms with Crippen molar-refractivity contribution in [3.05, 3.63) is 60.2 Å². The second-order valence-electron chi connectivity index (χ2n) is 16.9. The molecule has 0 spiro atoms. The summed E-state index contributed by atoms with van der Waals surface area (Å²) in [6.07, 6.45) is 11.5. The fraction of sp³-hybridized carbons (Fsp3) is 0.605. The molecule has 0 bridgehead atoms. The molecule has 1 aliphatic heterocycles. The van der Waals surface area contributed by atoms with Gasteiger partial charge in [0.25, 0.3) is 11.8 Å². The number of benzene rings is 1. The zero-order valence-corrected chi connectivity index (χ0v) is 32.8. The molecule has 5 rings (SSSR count). The van der Waals surface area contributed by atoms with Crippen LogP contribution in [0.1, 0.15) is 126 Å². The van der Waals surface area contributed by atoms with Crippen molar-refractivity contribution in [1.82, 2.24) is 25.5 Å². The maximum atomic E-state index is 14.4. The Hall–Kier alpha value is -4.61. The monoisotopic (exact) mass is 755 g/mol. The Morgan fingerprint density at radius 2 is 1.60 bits per heavy atom. The highest BCUT2D eigenvalue weighted by atomic mass is 16.2. The van der Waals surface area contributed by atoms with Crippen LogP contribution in [0.4, 0.5) is 0 Å². The summed E-state index contributed by atoms with van der Waals surface area (Å²) < 4.78 is 0. The number of aromatic nitrogens is 2. The molecule has 3 amide bonds. The van der Waals surface area contributed by atoms with Crippen LogP contribution >= 0.6 is 0 Å². The minimum atomic E-state index is -0.830. The van der Waals surface area contributed by atoms with E-state index in [0.717, 1.165) is 44.9 Å². The maximum absolute atomic E-state index is 14.4. The summed E-state index contributed by atoms with van der Waals surface area (Å²) >= 11 is 0. The van der Waals surface area contributed by atoms with Crippen molar-refractivity contribution in [2.24, 2.45) is 35.0 Å². The second kappa shape index (κ2) is 18.8. The maximum Gasteiger partial charge on any atom is 0.272 e. The van der Waals surface area contributed by atoms with Gasteiger partial charge in [-0.05, 0) is 61.5 Å². The number of amides is 3. The van der Waals surface area contributed by atoms with E-state index in [1.54, 1.807) is 35.2 Å². The Balaban J connectivity index is 1.36. The van der Waals surface area contributed by atoms with Crippen molar-refractivity contribution in [3.63, 3.8) is 0 Å². The Bertz CT molecular complexity index is 1700. The van der Waals surface area contributed by atoms with Crippen LogP contribution in [0.15, 0.2) is 48.9 Å². The van der Waals surface area contributed by atoms with Gasteiger partial charge in [-0.3, -0.25) is 38.5 Å². The zero-order valence-electron chi connectivity index (χ0n) is 32.8. The third-order valence-corrected chi connectivity index (χ3v) is 11.6. The third-order valence-electron chi connectivity index (χ3n) is 11.6. The second-order valence-corrected chi connectivity index (χ2v) is 16.9. The molecular formula is C43H57N5O7. The van der Waals surface area contributed by atoms with Gasteiger partial charge in [-0.15, -0.1) is 0 Å². The molecule has 3 fully saturated rings. The quantitative estimate of drug-likeness (QED) is 0.190. The van der Waals surface area contributed by atoms with Crippen LogP contribution < -0.4 is 10.6 Å². The van der Waals surface area contributed by atoms with Gasteiger partial charge in [0.05, 0.1) is 24.2 Å². The van der Waals surface area contributed by atoms with E-state index in [1.807, 2.05) is 27.7 Å². The standard InChI is InChI=1S/C43H57N5O7/c1-5-12-30(39(52)37(51)21-27-17-18-27)22-35(49)31-25-48(42(55)29-15-10-7-11-16-29)26-34(31)46-40(53)32(43(2,3)4)23-36(50)38(28-13-8-6-9-14-28)47-41(54)33-24-44-19-20-45-33/h7,10-11,15-16,19-20,24,27-28,30-32,34,38H,5-6,8-9,12-14,17-18,21-23,25-26H2,1-4H3,(H,46,53)(H,47,54)/t30-,31-,32?,34?,38+/m1/s1. The van der Waals surface area contributed by atoms with Crippen molar-refractivity contribution in [2.45, 2.75) is 117 Å². The molecule has 1 saturated heterocycles. The molecule has 3 aliphatic rings. The highest BCUT2D eigenvalue weighted by Gasteiger charge is 2.45. The predicted octanol–water partition coefficient (Wildman–Crippen LogP) is 5.35. The first kappa shape index (κ1) is 41.6. The van der Waals surface area contributed by atoms with E-state index in [2.05, 4.69) is 20.6 Å². The molecule has 12 nitrogen and oxygen atoms in total. The molecule has 0 radical (unpaired) electrons. The smallest absolute Gasteiger partial charge is 0.272 e. The van der Waals surface area contributed by atoms with Crippen molar-refractivity contribution in [3.8, 4) is 0 Å². The lowest BCUT2D eigenvalue weighted by molar-refractivity contribution is -0.140. The number of nitrogens with one attached hydrogen (secondary N) is 2. The van der Waals surface area contributed by atoms with Gasteiger partial charge in [0.1, 0.15) is 11.5 Å². The van der Waals surface area contributed by atoms with Crippen LogP contribution in [0, 0.1) is 35.0 Å². The number of ketones is 4. The molecule has 2 aliphatic carbocycles. The number of hydrogen-bond acceptors (Lipinski definition) is 9. The SMILES string of the molecule is CCC[C@H](CC(=O)[C@@H]1CN(C(=O)c2ccccc2)CC1NC(=O)C(CC(=O)[C@@H](NC(=O)c1cnccn1)C1CCCCC1)C(C)(C)C)C(=O)C(=O)CC1CC1. The topological polar surface area (TPSA) is 173 Å². The molecule has 2 heterocycles. The van der Waals surface area contributed by atoms with Gasteiger partial charge in [0, 0.05) is 62.1 Å². The Labute approximate surface area is 324 Å². The first-order valence-electron chi connectivity index (χ1n) is 20.1. The van der Waals surface area contributed by atoms with Crippen LogP contribution in [-0.2, 0) is 24.0 Å². The number of hydrogen-bond donors (Lipinski definition) is 2. The largest absolute Gasteiger partial charge is 0.351 e. The molecule has 2 N–H and O–H groups in total. The lowest BCUT2D eigenvalue weighted by Gasteiger charge is -2.34. The van der Waals surface area contributed by atoms with Crippen LogP contribution in [0.5, 0.6) is 0 Å². The molecule has 12 heteroatoms. The molecule has 2 saturated carbocycles. The van der Waals surface area contributed by atoms with E-state index >= 15 is 0 Å². The van der Waals surface area contributed by atoms with Gasteiger partial charge in [0.2, 0.25) is 11.7 Å². The Morgan fingerprint density at radius 1 is 0.891 bits per heavy atom. The summed E-state index contributed by atoms with van der Waals surface area (Å²) in [5.41, 5.74) is -0.145. The molecule has 2 aromatic rings. The van der Waals surface area contributed by atoms with Crippen LogP contribution in [0.25, 0.3) is 0 Å². The number of carbonyl (C=O) groups excluding carboxylic acids is 7. The summed E-state index contributed by atoms with van der Waals surface area (Å²) in [6, 6.07) is 7.11. The molecule has 2 unspecified atom stereocenters. The Kier molecular flexibility index (Phi) is 14.2. The van der Waals surface area contributed by atoms with Crippen molar-refractivity contribution >= 4 is 40.9 Å². The van der Waals surface area contributed by atoms with E-state index in [1.165, 1.54) is 18.6 Å². The number of nitrogens with zero attached hydrogens (tertiary/aromatic N) is 3. The van der Waals surface area contributed by atoms with Crippen molar-refractivity contribution < 1.29 is 33.6 Å². The minimum absolute atomic E-state index is 0.0395. The number of likely N-dealkylation sites (tertiary alicyclic amines) is 1. The third kappa shape index (κ3) is 11.2. The van der Waals surface area contributed by atoms with Gasteiger partial charge in [-0.2, -0.15) is 0 Å². The van der Waals surface area contributed by atoms with Gasteiger partial charge in [0.15, 0.2) is 11.6 Å². The lowest BCUT2D eigenvalue weighted by Crippen LogP contribution is -2.51. The molecule has 55 heavy (non-hydrogen) atoms. The zero-order chi connectivity index (χ0) is 39.7. The van der Waals surface area contributed by atoms with E-state index in [4.69, 9.17) is 0 Å². The predicted molar refractivity (Wildman–Crippen MR) is 206 cm³/mol. The molecule has 1 aromatic heterocycles. The van der Waals surface area contributed by atoms with Crippen LogP contribution in [0.3, 0.4) is 0 Å². The average Bonchev–Trinajstić information content (AvgIpc) is 3.90. The van der Waals surface area contributed by atoms with Crippen molar-refractivity contribution in [1.29, 1.82) is 0 Å². The summed E-state index contributed by atoms with van der Waals surface area (Å²) in [5.74, 6) is -4.94. The molecule has 1 aromatic carbocycles. The van der Waals surface area contributed by atoms with E-state index in [9.17, 15) is 33.6 Å². The number of rotatable bonds is 18. The van der Waals surface area contributed by atoms with Crippen molar-refractivity contribution in [2.75, 3.05) is 13.1 Å². The van der Waals surface area contributed by atoms with Crippen LogP contribution in [-0.4, -0.2) is 80.9 Å². The van der Waals surface area contributed by atoms with E-state index in [-0.39, 0.29) is 67.4 Å². The highest BCUT2D eigenvalue weighted by Crippen LogP contribution is 2.35. The van der Waals surface area contributed by atoms with Gasteiger partial charge in [-0.25, -0.2) is 4.98 Å². The van der Waals surface area contributed by atoms with Crippen LogP contribution in [0.2, 0.25) is 0 Å². The fourth-order valence-corrected chi connectivity index (χ4v) is 8.15. The molecule has 296 valence electrons. The lowest BCUT2D eigenvalue weighted by atomic mass is 9.74. The number of carbonyl (C=O) groups is 7. The average molecular weight is 756 g/mol. The van der Waals surface area contributed by atoms with E-state index in [0.29, 0.717) is 18.4 Å². The fourth-order valence-electron chi connectivity index (χ4n) is 8.15. The summed E-state index contributed by atoms with van der Waals surface area (Å²) in [4.78, 5) is 105. The number of Topliss-reactive ketones (excluding diaryl/α,β-unsaturated/α-hetero) is 4. The molecule has 5 atom stereocenters. The highest BCUT2D eigenvalue weighted by molar-refractivity contribution is 6.38. The normalized spacial score (nSPS) is 20.5. The Morgan fingerprint density at radius 3 is 2.22 bits per heavy atom. The first-order valence-corrected chi connectivity index (χ1v) is 20.1. The summed E-state index contributed by atoms with van der Waals surface area (Å²) in [6.45, 7) is 7.63. The van der Waals surface area contributed by atoms with Gasteiger partial charge >= 0.3 is 0 Å². The molecular weight excluding hydrogens is 699 g/mol. The first-order chi connectivity index (χ1) is 26.3.